The summed E-state index contributed by atoms with van der Waals surface area (Å²) in [6.45, 7) is 6.11. The van der Waals surface area contributed by atoms with Crippen LogP contribution in [0.15, 0.2) is 54.7 Å². The summed E-state index contributed by atoms with van der Waals surface area (Å²) in [5.41, 5.74) is 5.89. The Morgan fingerprint density at radius 3 is 2.10 bits per heavy atom. The number of aromatic nitrogens is 3. The molecule has 0 radical (unpaired) electrons. The number of hydrogen-bond donors (Lipinski definition) is 2. The van der Waals surface area contributed by atoms with Crippen molar-refractivity contribution in [1.29, 1.82) is 0 Å². The van der Waals surface area contributed by atoms with Gasteiger partial charge in [-0.1, -0.05) is 53.5 Å². The number of methoxy groups -OCH3 is 2. The molecule has 2 N–H and O–H groups in total. The summed E-state index contributed by atoms with van der Waals surface area (Å²) in [5, 5.41) is 14.4. The van der Waals surface area contributed by atoms with Crippen LogP contribution in [0.25, 0.3) is 33.8 Å². The Bertz CT molecular complexity index is 1790. The number of carbonyl (C=O) groups excluding carboxylic acids is 1. The molecular weight excluding hydrogens is 663 g/mol. The summed E-state index contributed by atoms with van der Waals surface area (Å²) in [4.78, 5) is 30.1. The Hall–Kier alpha value is -3.80. The topological polar surface area (TPSA) is 113 Å². The Kier molecular flexibility index (Phi) is 11.3. The molecule has 6 rings (SSSR count). The van der Waals surface area contributed by atoms with Gasteiger partial charge in [0.1, 0.15) is 0 Å². The van der Waals surface area contributed by atoms with Gasteiger partial charge in [-0.3, -0.25) is 14.7 Å². The summed E-state index contributed by atoms with van der Waals surface area (Å²) in [6, 6.07) is 15.8. The van der Waals surface area contributed by atoms with Gasteiger partial charge in [0.05, 0.1) is 47.5 Å². The van der Waals surface area contributed by atoms with Gasteiger partial charge < -0.3 is 24.8 Å². The molecule has 2 fully saturated rings. The van der Waals surface area contributed by atoms with Gasteiger partial charge in [0, 0.05) is 86.2 Å². The van der Waals surface area contributed by atoms with E-state index < -0.39 is 0 Å². The van der Waals surface area contributed by atoms with Gasteiger partial charge in [-0.05, 0) is 43.9 Å². The summed E-state index contributed by atoms with van der Waals surface area (Å²) in [7, 11) is 3.23. The number of hydrogen-bond acceptors (Lipinski definition) is 9. The standard InChI is InChI=1S/C37H42Cl2N6O4/c1-23(46)45-19-12-26(13-20-45)41-21-24-7-9-31(42-36(24)48-2)28-5-4-6-30(33(28)38)35-34(39)29(11-16-40-35)32-10-8-25(37(43-32)49-3)22-44-17-14-27(47)15-18-44/h4-11,16,26-27,41,47H,12-15,17-22H2,1-3H3. The minimum atomic E-state index is -0.224. The van der Waals surface area contributed by atoms with Crippen molar-refractivity contribution in [2.45, 2.75) is 57.8 Å². The van der Waals surface area contributed by atoms with Gasteiger partial charge in [-0.2, -0.15) is 0 Å². The molecule has 0 spiro atoms. The Labute approximate surface area is 297 Å². The lowest BCUT2D eigenvalue weighted by Crippen LogP contribution is -2.44. The Balaban J connectivity index is 1.22. The molecule has 2 saturated heterocycles. The van der Waals surface area contributed by atoms with E-state index in [-0.39, 0.29) is 12.0 Å². The molecule has 1 aromatic carbocycles. The average molecular weight is 706 g/mol. The minimum Gasteiger partial charge on any atom is -0.481 e. The molecule has 0 aliphatic carbocycles. The largest absolute Gasteiger partial charge is 0.481 e. The fraction of sp³-hybridized carbons (Fsp3) is 0.405. The first-order valence-electron chi connectivity index (χ1n) is 16.7. The number of rotatable bonds is 10. The highest BCUT2D eigenvalue weighted by Gasteiger charge is 2.23. The first-order valence-corrected chi connectivity index (χ1v) is 17.4. The van der Waals surface area contributed by atoms with Gasteiger partial charge in [-0.15, -0.1) is 0 Å². The molecule has 2 aliphatic rings. The summed E-state index contributed by atoms with van der Waals surface area (Å²) in [6.07, 6.45) is 4.83. The van der Waals surface area contributed by atoms with Crippen LogP contribution in [0.1, 0.15) is 43.7 Å². The average Bonchev–Trinajstić information content (AvgIpc) is 3.12. The van der Waals surface area contributed by atoms with E-state index in [0.29, 0.717) is 69.1 Å². The van der Waals surface area contributed by atoms with Crippen LogP contribution in [0, 0.1) is 0 Å². The third-order valence-electron chi connectivity index (χ3n) is 9.43. The molecule has 0 saturated carbocycles. The quantitative estimate of drug-likeness (QED) is 0.198. The van der Waals surface area contributed by atoms with Crippen molar-refractivity contribution in [3.05, 3.63) is 75.9 Å². The van der Waals surface area contributed by atoms with Crippen LogP contribution in [-0.4, -0.2) is 88.3 Å². The third-order valence-corrected chi connectivity index (χ3v) is 10.2. The number of nitrogens with one attached hydrogen (secondary N) is 1. The minimum absolute atomic E-state index is 0.128. The molecule has 0 bridgehead atoms. The monoisotopic (exact) mass is 704 g/mol. The second-order valence-electron chi connectivity index (χ2n) is 12.6. The number of carbonyl (C=O) groups is 1. The molecule has 258 valence electrons. The van der Waals surface area contributed by atoms with E-state index in [1.165, 1.54) is 0 Å². The maximum Gasteiger partial charge on any atom is 0.219 e. The van der Waals surface area contributed by atoms with E-state index in [1.54, 1.807) is 27.3 Å². The maximum atomic E-state index is 11.7. The summed E-state index contributed by atoms with van der Waals surface area (Å²) < 4.78 is 11.4. The Morgan fingerprint density at radius 2 is 1.45 bits per heavy atom. The molecule has 1 amide bonds. The van der Waals surface area contributed by atoms with Crippen molar-refractivity contribution in [1.82, 2.24) is 30.1 Å². The first-order chi connectivity index (χ1) is 23.7. The van der Waals surface area contributed by atoms with Crippen molar-refractivity contribution in [2.24, 2.45) is 0 Å². The van der Waals surface area contributed by atoms with Crippen molar-refractivity contribution in [3.8, 4) is 45.5 Å². The number of halogens is 2. The molecule has 10 nitrogen and oxygen atoms in total. The zero-order chi connectivity index (χ0) is 34.5. The molecule has 0 unspecified atom stereocenters. The van der Waals surface area contributed by atoms with Gasteiger partial charge >= 0.3 is 0 Å². The van der Waals surface area contributed by atoms with Gasteiger partial charge in [0.15, 0.2) is 0 Å². The van der Waals surface area contributed by atoms with Gasteiger partial charge in [0.2, 0.25) is 17.7 Å². The van der Waals surface area contributed by atoms with E-state index in [4.69, 9.17) is 42.6 Å². The molecule has 5 heterocycles. The second-order valence-corrected chi connectivity index (χ2v) is 13.3. The third kappa shape index (κ3) is 8.00. The summed E-state index contributed by atoms with van der Waals surface area (Å²) in [5.74, 6) is 1.19. The Morgan fingerprint density at radius 1 is 0.837 bits per heavy atom. The highest BCUT2D eigenvalue weighted by atomic mass is 35.5. The summed E-state index contributed by atoms with van der Waals surface area (Å²) >= 11 is 14.1. The van der Waals surface area contributed by atoms with Crippen molar-refractivity contribution >= 4 is 29.1 Å². The van der Waals surface area contributed by atoms with E-state index in [9.17, 15) is 9.90 Å². The second kappa shape index (κ2) is 15.8. The van der Waals surface area contributed by atoms with Gasteiger partial charge in [0.25, 0.3) is 0 Å². The smallest absolute Gasteiger partial charge is 0.219 e. The maximum absolute atomic E-state index is 11.7. The lowest BCUT2D eigenvalue weighted by molar-refractivity contribution is -0.129. The molecule has 0 atom stereocenters. The normalized spacial score (nSPS) is 16.2. The van der Waals surface area contributed by atoms with Crippen LogP contribution >= 0.6 is 23.2 Å². The van der Waals surface area contributed by atoms with E-state index in [0.717, 1.165) is 68.6 Å². The van der Waals surface area contributed by atoms with E-state index >= 15 is 0 Å². The van der Waals surface area contributed by atoms with Crippen LogP contribution in [0.2, 0.25) is 10.0 Å². The van der Waals surface area contributed by atoms with Gasteiger partial charge in [-0.25, -0.2) is 9.97 Å². The lowest BCUT2D eigenvalue weighted by atomic mass is 10.0. The molecule has 2 aliphatic heterocycles. The van der Waals surface area contributed by atoms with Crippen molar-refractivity contribution in [2.75, 3.05) is 40.4 Å². The molecule has 3 aromatic heterocycles. The predicted octanol–water partition coefficient (Wildman–Crippen LogP) is 6.25. The number of aliphatic hydroxyl groups is 1. The SMILES string of the molecule is COc1nc(-c2cccc(-c3nccc(-c4ccc(CN5CCC(O)CC5)c(OC)n4)c3Cl)c2Cl)ccc1CNC1CCN(C(C)=O)CC1. The highest BCUT2D eigenvalue weighted by Crippen LogP contribution is 2.41. The number of aliphatic hydroxyl groups excluding tert-OH is 1. The van der Waals surface area contributed by atoms with Crippen LogP contribution < -0.4 is 14.8 Å². The van der Waals surface area contributed by atoms with Crippen molar-refractivity contribution in [3.63, 3.8) is 0 Å². The molecular formula is C37H42Cl2N6O4. The van der Waals surface area contributed by atoms with E-state index in [1.807, 2.05) is 53.4 Å². The van der Waals surface area contributed by atoms with Crippen LogP contribution in [0.4, 0.5) is 0 Å². The molecule has 4 aromatic rings. The van der Waals surface area contributed by atoms with Crippen molar-refractivity contribution < 1.29 is 19.4 Å². The number of pyridine rings is 3. The first kappa shape index (κ1) is 35.0. The van der Waals surface area contributed by atoms with Crippen LogP contribution in [-0.2, 0) is 17.9 Å². The molecule has 49 heavy (non-hydrogen) atoms. The zero-order valence-corrected chi connectivity index (χ0v) is 29.6. The van der Waals surface area contributed by atoms with E-state index in [2.05, 4.69) is 15.2 Å². The van der Waals surface area contributed by atoms with Crippen LogP contribution in [0.5, 0.6) is 11.8 Å². The number of benzene rings is 1. The zero-order valence-electron chi connectivity index (χ0n) is 28.1. The predicted molar refractivity (Wildman–Crippen MR) is 192 cm³/mol. The number of likely N-dealkylation sites (tertiary alicyclic amines) is 2. The van der Waals surface area contributed by atoms with Crippen LogP contribution in [0.3, 0.4) is 0 Å². The number of nitrogens with zero attached hydrogens (tertiary/aromatic N) is 5. The number of amides is 1. The molecule has 12 heteroatoms. The highest BCUT2D eigenvalue weighted by molar-refractivity contribution is 6.39. The number of ether oxygens (including phenoxy) is 2. The number of piperidine rings is 2. The fourth-order valence-corrected chi connectivity index (χ4v) is 7.18. The fourth-order valence-electron chi connectivity index (χ4n) is 6.56. The lowest BCUT2D eigenvalue weighted by Gasteiger charge is -2.31.